The number of aromatic amines is 1. The fourth-order valence-corrected chi connectivity index (χ4v) is 1.76. The summed E-state index contributed by atoms with van der Waals surface area (Å²) in [4.78, 5) is 8.23. The molecule has 0 spiro atoms. The summed E-state index contributed by atoms with van der Waals surface area (Å²) in [6.45, 7) is 0. The molecule has 2 aromatic heterocycles. The van der Waals surface area contributed by atoms with Gasteiger partial charge >= 0.3 is 0 Å². The Bertz CT molecular complexity index is 706. The van der Waals surface area contributed by atoms with Crippen molar-refractivity contribution in [1.82, 2.24) is 20.2 Å². The summed E-state index contributed by atoms with van der Waals surface area (Å²) in [6, 6.07) is 7.50. The molecule has 0 aliphatic rings. The van der Waals surface area contributed by atoms with Gasteiger partial charge < -0.3 is 15.8 Å². The number of ether oxygens (including phenoxy) is 1. The highest BCUT2D eigenvalue weighted by molar-refractivity contribution is 5.88. The van der Waals surface area contributed by atoms with Crippen molar-refractivity contribution in [3.05, 3.63) is 30.5 Å². The Morgan fingerprint density at radius 3 is 2.74 bits per heavy atom. The van der Waals surface area contributed by atoms with Crippen LogP contribution in [0.15, 0.2) is 30.5 Å². The number of rotatable bonds is 3. The smallest absolute Gasteiger partial charge is 0.224 e. The number of aromatic nitrogens is 4. The number of nitrogens with one attached hydrogen (secondary N) is 2. The van der Waals surface area contributed by atoms with E-state index in [-0.39, 0.29) is 5.95 Å². The van der Waals surface area contributed by atoms with E-state index in [0.717, 1.165) is 16.8 Å². The second-order valence-corrected chi connectivity index (χ2v) is 3.92. The molecule has 3 aromatic rings. The van der Waals surface area contributed by atoms with Crippen LogP contribution in [-0.2, 0) is 0 Å². The van der Waals surface area contributed by atoms with E-state index in [1.165, 1.54) is 0 Å². The molecule has 0 atom stereocenters. The van der Waals surface area contributed by atoms with Crippen molar-refractivity contribution in [3.63, 3.8) is 0 Å². The van der Waals surface area contributed by atoms with Gasteiger partial charge in [-0.05, 0) is 24.3 Å². The summed E-state index contributed by atoms with van der Waals surface area (Å²) in [7, 11) is 1.63. The van der Waals surface area contributed by atoms with Gasteiger partial charge in [-0.3, -0.25) is 5.10 Å². The average molecular weight is 256 g/mol. The molecule has 0 amide bonds. The van der Waals surface area contributed by atoms with Gasteiger partial charge in [0.2, 0.25) is 5.95 Å². The number of benzene rings is 1. The van der Waals surface area contributed by atoms with Gasteiger partial charge in [-0.15, -0.1) is 0 Å². The van der Waals surface area contributed by atoms with Gasteiger partial charge in [0.05, 0.1) is 18.7 Å². The molecule has 0 saturated carbocycles. The standard InChI is InChI=1S/C12H12N6O/c1-19-8-4-2-7(3-5-8)15-10-9-6-14-18-11(9)17-12(13)16-10/h2-6H,1H3,(H4,13,14,15,16,17,18). The number of anilines is 3. The highest BCUT2D eigenvalue weighted by atomic mass is 16.5. The van der Waals surface area contributed by atoms with Crippen LogP contribution in [0.5, 0.6) is 5.75 Å². The molecule has 96 valence electrons. The molecular formula is C12H12N6O. The van der Waals surface area contributed by atoms with E-state index in [0.29, 0.717) is 11.5 Å². The van der Waals surface area contributed by atoms with Gasteiger partial charge in [-0.2, -0.15) is 15.1 Å². The lowest BCUT2D eigenvalue weighted by Gasteiger charge is -2.07. The van der Waals surface area contributed by atoms with Crippen molar-refractivity contribution < 1.29 is 4.74 Å². The zero-order valence-corrected chi connectivity index (χ0v) is 10.2. The molecule has 0 fully saturated rings. The van der Waals surface area contributed by atoms with Crippen LogP contribution in [0, 0.1) is 0 Å². The zero-order chi connectivity index (χ0) is 13.2. The van der Waals surface area contributed by atoms with Crippen LogP contribution in [0.3, 0.4) is 0 Å². The monoisotopic (exact) mass is 256 g/mol. The summed E-state index contributed by atoms with van der Waals surface area (Å²) in [5, 5.41) is 10.7. The first-order valence-corrected chi connectivity index (χ1v) is 5.64. The first kappa shape index (κ1) is 11.3. The third kappa shape index (κ3) is 2.13. The predicted octanol–water partition coefficient (Wildman–Crippen LogP) is 1.69. The Labute approximate surface area is 108 Å². The summed E-state index contributed by atoms with van der Waals surface area (Å²) in [5.41, 5.74) is 7.13. The van der Waals surface area contributed by atoms with E-state index < -0.39 is 0 Å². The lowest BCUT2D eigenvalue weighted by molar-refractivity contribution is 0.415. The Balaban J connectivity index is 1.97. The molecule has 2 heterocycles. The third-order valence-electron chi connectivity index (χ3n) is 2.68. The Kier molecular flexibility index (Phi) is 2.64. The van der Waals surface area contributed by atoms with Gasteiger partial charge in [-0.1, -0.05) is 0 Å². The number of hydrogen-bond acceptors (Lipinski definition) is 6. The van der Waals surface area contributed by atoms with Gasteiger partial charge in [0.1, 0.15) is 11.6 Å². The van der Waals surface area contributed by atoms with Gasteiger partial charge in [0, 0.05) is 5.69 Å². The number of hydrogen-bond donors (Lipinski definition) is 3. The molecule has 0 aliphatic heterocycles. The summed E-state index contributed by atoms with van der Waals surface area (Å²) < 4.78 is 5.11. The number of nitrogens with two attached hydrogens (primary N) is 1. The molecule has 0 aliphatic carbocycles. The van der Waals surface area contributed by atoms with Crippen molar-refractivity contribution in [1.29, 1.82) is 0 Å². The normalized spacial score (nSPS) is 10.6. The van der Waals surface area contributed by atoms with Crippen molar-refractivity contribution in [2.75, 3.05) is 18.2 Å². The molecule has 4 N–H and O–H groups in total. The molecule has 0 saturated heterocycles. The fraction of sp³-hybridized carbons (Fsp3) is 0.0833. The van der Waals surface area contributed by atoms with Gasteiger partial charge in [0.25, 0.3) is 0 Å². The SMILES string of the molecule is COc1ccc(Nc2nc(N)nc3[nH]ncc23)cc1. The molecule has 7 heteroatoms. The van der Waals surface area contributed by atoms with Crippen molar-refractivity contribution >= 4 is 28.5 Å². The first-order valence-electron chi connectivity index (χ1n) is 5.64. The Morgan fingerprint density at radius 2 is 2.00 bits per heavy atom. The maximum absolute atomic E-state index is 5.65. The summed E-state index contributed by atoms with van der Waals surface area (Å²) in [6.07, 6.45) is 1.65. The largest absolute Gasteiger partial charge is 0.497 e. The molecule has 0 radical (unpaired) electrons. The molecule has 0 unspecified atom stereocenters. The number of nitrogens with zero attached hydrogens (tertiary/aromatic N) is 3. The Morgan fingerprint density at radius 1 is 1.21 bits per heavy atom. The maximum atomic E-state index is 5.65. The van der Waals surface area contributed by atoms with E-state index in [4.69, 9.17) is 10.5 Å². The van der Waals surface area contributed by atoms with E-state index >= 15 is 0 Å². The molecular weight excluding hydrogens is 244 g/mol. The van der Waals surface area contributed by atoms with Crippen molar-refractivity contribution in [2.24, 2.45) is 0 Å². The van der Waals surface area contributed by atoms with Crippen LogP contribution in [0.25, 0.3) is 11.0 Å². The first-order chi connectivity index (χ1) is 9.26. The van der Waals surface area contributed by atoms with Crippen LogP contribution in [0.4, 0.5) is 17.5 Å². The van der Waals surface area contributed by atoms with Crippen LogP contribution in [-0.4, -0.2) is 27.3 Å². The highest BCUT2D eigenvalue weighted by Crippen LogP contribution is 2.24. The lowest BCUT2D eigenvalue weighted by Crippen LogP contribution is -2.00. The minimum atomic E-state index is 0.188. The van der Waals surface area contributed by atoms with Crippen molar-refractivity contribution in [2.45, 2.75) is 0 Å². The van der Waals surface area contributed by atoms with Gasteiger partial charge in [0.15, 0.2) is 5.65 Å². The third-order valence-corrected chi connectivity index (χ3v) is 2.68. The molecule has 0 bridgehead atoms. The number of nitrogen functional groups attached to an aromatic ring is 1. The molecule has 19 heavy (non-hydrogen) atoms. The number of H-pyrrole nitrogens is 1. The molecule has 1 aromatic carbocycles. The molecule has 7 nitrogen and oxygen atoms in total. The van der Waals surface area contributed by atoms with Crippen LogP contribution < -0.4 is 15.8 Å². The van der Waals surface area contributed by atoms with Crippen LogP contribution in [0.2, 0.25) is 0 Å². The number of methoxy groups -OCH3 is 1. The fourth-order valence-electron chi connectivity index (χ4n) is 1.76. The van der Waals surface area contributed by atoms with E-state index in [1.54, 1.807) is 13.3 Å². The maximum Gasteiger partial charge on any atom is 0.224 e. The average Bonchev–Trinajstić information content (AvgIpc) is 2.88. The predicted molar refractivity (Wildman–Crippen MR) is 72.4 cm³/mol. The zero-order valence-electron chi connectivity index (χ0n) is 10.2. The minimum Gasteiger partial charge on any atom is -0.497 e. The van der Waals surface area contributed by atoms with E-state index in [9.17, 15) is 0 Å². The number of fused-ring (bicyclic) bond motifs is 1. The van der Waals surface area contributed by atoms with Crippen LogP contribution >= 0.6 is 0 Å². The van der Waals surface area contributed by atoms with E-state index in [1.807, 2.05) is 24.3 Å². The topological polar surface area (TPSA) is 102 Å². The second-order valence-electron chi connectivity index (χ2n) is 3.92. The van der Waals surface area contributed by atoms with Crippen LogP contribution in [0.1, 0.15) is 0 Å². The quantitative estimate of drug-likeness (QED) is 0.659. The molecule has 3 rings (SSSR count). The Hall–Kier alpha value is -2.83. The summed E-state index contributed by atoms with van der Waals surface area (Å²) >= 11 is 0. The summed E-state index contributed by atoms with van der Waals surface area (Å²) in [5.74, 6) is 1.59. The van der Waals surface area contributed by atoms with Gasteiger partial charge in [-0.25, -0.2) is 0 Å². The minimum absolute atomic E-state index is 0.188. The highest BCUT2D eigenvalue weighted by Gasteiger charge is 2.08. The lowest BCUT2D eigenvalue weighted by atomic mass is 10.3. The van der Waals surface area contributed by atoms with E-state index in [2.05, 4.69) is 25.5 Å². The van der Waals surface area contributed by atoms with Crippen molar-refractivity contribution in [3.8, 4) is 5.75 Å². The second kappa shape index (κ2) is 4.45.